The van der Waals surface area contributed by atoms with Crippen LogP contribution < -0.4 is 14.8 Å². The summed E-state index contributed by atoms with van der Waals surface area (Å²) in [5.74, 6) is 0.417. The van der Waals surface area contributed by atoms with Crippen molar-refractivity contribution in [3.63, 3.8) is 0 Å². The standard InChI is InChI=1S/C20H26N2O5S/c1-15(2)27-18-9-7-16(8-10-18)14-21-20(23)17-5-4-6-19(13-17)28(24,25)22-11-12-26-3/h4-10,13,15,22H,11-12,14H2,1-3H3,(H,21,23). The van der Waals surface area contributed by atoms with Crippen molar-refractivity contribution in [1.29, 1.82) is 0 Å². The van der Waals surface area contributed by atoms with Crippen molar-refractivity contribution >= 4 is 15.9 Å². The summed E-state index contributed by atoms with van der Waals surface area (Å²) in [5.41, 5.74) is 1.18. The van der Waals surface area contributed by atoms with Crippen LogP contribution >= 0.6 is 0 Å². The van der Waals surface area contributed by atoms with Gasteiger partial charge in [0.2, 0.25) is 10.0 Å². The van der Waals surface area contributed by atoms with E-state index in [0.29, 0.717) is 6.54 Å². The van der Waals surface area contributed by atoms with Gasteiger partial charge < -0.3 is 14.8 Å². The maximum absolute atomic E-state index is 12.4. The Morgan fingerprint density at radius 1 is 1.11 bits per heavy atom. The average molecular weight is 407 g/mol. The summed E-state index contributed by atoms with van der Waals surface area (Å²) in [4.78, 5) is 12.4. The van der Waals surface area contributed by atoms with E-state index >= 15 is 0 Å². The van der Waals surface area contributed by atoms with E-state index in [1.165, 1.54) is 25.3 Å². The Morgan fingerprint density at radius 2 is 1.82 bits per heavy atom. The summed E-state index contributed by atoms with van der Waals surface area (Å²) in [6.07, 6.45) is 0.0955. The molecule has 7 nitrogen and oxygen atoms in total. The highest BCUT2D eigenvalue weighted by atomic mass is 32.2. The van der Waals surface area contributed by atoms with Gasteiger partial charge in [-0.2, -0.15) is 0 Å². The fourth-order valence-electron chi connectivity index (χ4n) is 2.41. The van der Waals surface area contributed by atoms with Gasteiger partial charge in [0.1, 0.15) is 5.75 Å². The van der Waals surface area contributed by atoms with E-state index in [1.54, 1.807) is 6.07 Å². The number of sulfonamides is 1. The minimum Gasteiger partial charge on any atom is -0.491 e. The Bertz CT molecular complexity index is 880. The quantitative estimate of drug-likeness (QED) is 0.591. The molecule has 0 aromatic heterocycles. The minimum atomic E-state index is -3.69. The molecule has 8 heteroatoms. The number of carbonyl (C=O) groups is 1. The van der Waals surface area contributed by atoms with E-state index < -0.39 is 10.0 Å². The Morgan fingerprint density at radius 3 is 2.46 bits per heavy atom. The molecule has 0 bridgehead atoms. The smallest absolute Gasteiger partial charge is 0.251 e. The van der Waals surface area contributed by atoms with Gasteiger partial charge in [-0.3, -0.25) is 4.79 Å². The number of hydrogen-bond donors (Lipinski definition) is 2. The van der Waals surface area contributed by atoms with Crippen LogP contribution in [0, 0.1) is 0 Å². The number of nitrogens with one attached hydrogen (secondary N) is 2. The minimum absolute atomic E-state index is 0.0337. The first-order valence-electron chi connectivity index (χ1n) is 8.94. The number of rotatable bonds is 10. The topological polar surface area (TPSA) is 93.7 Å². The highest BCUT2D eigenvalue weighted by Gasteiger charge is 2.15. The van der Waals surface area contributed by atoms with E-state index in [2.05, 4.69) is 10.0 Å². The molecule has 0 unspecified atom stereocenters. The number of amides is 1. The molecule has 0 spiro atoms. The van der Waals surface area contributed by atoms with Crippen LogP contribution in [0.25, 0.3) is 0 Å². The van der Waals surface area contributed by atoms with Gasteiger partial charge in [0.15, 0.2) is 0 Å². The maximum Gasteiger partial charge on any atom is 0.251 e. The lowest BCUT2D eigenvalue weighted by Crippen LogP contribution is -2.28. The van der Waals surface area contributed by atoms with Crippen LogP contribution in [0.1, 0.15) is 29.8 Å². The predicted molar refractivity (Wildman–Crippen MR) is 107 cm³/mol. The number of hydrogen-bond acceptors (Lipinski definition) is 5. The van der Waals surface area contributed by atoms with Crippen molar-refractivity contribution in [2.24, 2.45) is 0 Å². The molecule has 0 atom stereocenters. The van der Waals surface area contributed by atoms with Gasteiger partial charge in [-0.1, -0.05) is 18.2 Å². The van der Waals surface area contributed by atoms with Gasteiger partial charge >= 0.3 is 0 Å². The van der Waals surface area contributed by atoms with Crippen molar-refractivity contribution in [2.75, 3.05) is 20.3 Å². The third-order valence-corrected chi connectivity index (χ3v) is 5.21. The third kappa shape index (κ3) is 6.63. The molecule has 1 amide bonds. The van der Waals surface area contributed by atoms with Gasteiger partial charge in [-0.05, 0) is 49.7 Å². The van der Waals surface area contributed by atoms with E-state index in [4.69, 9.17) is 9.47 Å². The maximum atomic E-state index is 12.4. The monoisotopic (exact) mass is 406 g/mol. The predicted octanol–water partition coefficient (Wildman–Crippen LogP) is 2.33. The Kier molecular flexibility index (Phi) is 7.98. The molecule has 2 rings (SSSR count). The lowest BCUT2D eigenvalue weighted by Gasteiger charge is -2.11. The van der Waals surface area contributed by atoms with Crippen LogP contribution in [0.2, 0.25) is 0 Å². The summed E-state index contributed by atoms with van der Waals surface area (Å²) < 4.78 is 37.4. The molecule has 0 fully saturated rings. The van der Waals surface area contributed by atoms with Crippen LogP contribution in [0.4, 0.5) is 0 Å². The highest BCUT2D eigenvalue weighted by molar-refractivity contribution is 7.89. The Hall–Kier alpha value is -2.42. The molecule has 0 aliphatic carbocycles. The fraction of sp³-hybridized carbons (Fsp3) is 0.350. The normalized spacial score (nSPS) is 11.4. The van der Waals surface area contributed by atoms with E-state index in [9.17, 15) is 13.2 Å². The molecule has 2 N–H and O–H groups in total. The zero-order valence-corrected chi connectivity index (χ0v) is 17.1. The molecule has 0 heterocycles. The number of methoxy groups -OCH3 is 1. The zero-order chi connectivity index (χ0) is 20.6. The molecular weight excluding hydrogens is 380 g/mol. The average Bonchev–Trinajstić information content (AvgIpc) is 2.67. The number of ether oxygens (including phenoxy) is 2. The molecule has 152 valence electrons. The first kappa shape index (κ1) is 21.9. The molecular formula is C20H26N2O5S. The van der Waals surface area contributed by atoms with Crippen molar-refractivity contribution in [3.05, 3.63) is 59.7 Å². The molecule has 0 saturated heterocycles. The molecule has 0 aliphatic rings. The summed E-state index contributed by atoms with van der Waals surface area (Å²) in [5, 5.41) is 2.79. The Balaban J connectivity index is 1.99. The van der Waals surface area contributed by atoms with Gasteiger partial charge in [0, 0.05) is 25.8 Å². The van der Waals surface area contributed by atoms with Gasteiger partial charge in [0.25, 0.3) is 5.91 Å². The molecule has 0 saturated carbocycles. The third-order valence-electron chi connectivity index (χ3n) is 3.75. The van der Waals surface area contributed by atoms with Crippen molar-refractivity contribution < 1.29 is 22.7 Å². The first-order valence-corrected chi connectivity index (χ1v) is 10.4. The van der Waals surface area contributed by atoms with Gasteiger partial charge in [-0.25, -0.2) is 13.1 Å². The van der Waals surface area contributed by atoms with Crippen LogP contribution in [0.15, 0.2) is 53.4 Å². The van der Waals surface area contributed by atoms with Crippen LogP contribution in [0.5, 0.6) is 5.75 Å². The summed E-state index contributed by atoms with van der Waals surface area (Å²) in [6.45, 7) is 4.65. The highest BCUT2D eigenvalue weighted by Crippen LogP contribution is 2.14. The van der Waals surface area contributed by atoms with Crippen LogP contribution in [-0.2, 0) is 21.3 Å². The number of benzene rings is 2. The zero-order valence-electron chi connectivity index (χ0n) is 16.3. The molecule has 2 aromatic carbocycles. The SMILES string of the molecule is COCCNS(=O)(=O)c1cccc(C(=O)NCc2ccc(OC(C)C)cc2)c1. The summed E-state index contributed by atoms with van der Waals surface area (Å²) in [7, 11) is -2.20. The van der Waals surface area contributed by atoms with Crippen molar-refractivity contribution in [3.8, 4) is 5.75 Å². The summed E-state index contributed by atoms with van der Waals surface area (Å²) in [6, 6.07) is 13.3. The van der Waals surface area contributed by atoms with Crippen molar-refractivity contribution in [1.82, 2.24) is 10.0 Å². The molecule has 28 heavy (non-hydrogen) atoms. The van der Waals surface area contributed by atoms with Crippen molar-refractivity contribution in [2.45, 2.75) is 31.4 Å². The summed E-state index contributed by atoms with van der Waals surface area (Å²) >= 11 is 0. The van der Waals surface area contributed by atoms with Crippen LogP contribution in [-0.4, -0.2) is 40.7 Å². The number of carbonyl (C=O) groups excluding carboxylic acids is 1. The van der Waals surface area contributed by atoms with Gasteiger partial charge in [-0.15, -0.1) is 0 Å². The second-order valence-electron chi connectivity index (χ2n) is 6.41. The van der Waals surface area contributed by atoms with E-state index in [0.717, 1.165) is 11.3 Å². The lowest BCUT2D eigenvalue weighted by atomic mass is 10.2. The largest absolute Gasteiger partial charge is 0.491 e. The Labute approximate surface area is 166 Å². The molecule has 0 aliphatic heterocycles. The first-order chi connectivity index (χ1) is 13.3. The molecule has 0 radical (unpaired) electrons. The van der Waals surface area contributed by atoms with E-state index in [1.807, 2.05) is 38.1 Å². The van der Waals surface area contributed by atoms with Crippen LogP contribution in [0.3, 0.4) is 0 Å². The molecule has 2 aromatic rings. The second-order valence-corrected chi connectivity index (χ2v) is 8.18. The van der Waals surface area contributed by atoms with Gasteiger partial charge in [0.05, 0.1) is 17.6 Å². The van der Waals surface area contributed by atoms with E-state index in [-0.39, 0.29) is 35.6 Å². The lowest BCUT2D eigenvalue weighted by molar-refractivity contribution is 0.0950. The fourth-order valence-corrected chi connectivity index (χ4v) is 3.47. The second kappa shape index (κ2) is 10.2.